The number of carbonyl (C=O) groups excluding carboxylic acids is 1. The SMILES string of the molecule is COC(=O)CCN1CCN(c2ncnc3nc[nH]c23)CC1. The maximum atomic E-state index is 11.2. The lowest BCUT2D eigenvalue weighted by Gasteiger charge is -2.35. The van der Waals surface area contributed by atoms with Crippen molar-refractivity contribution >= 4 is 23.0 Å². The third-order valence-electron chi connectivity index (χ3n) is 3.73. The standard InChI is InChI=1S/C13H18N6O2/c1-21-10(20)2-3-18-4-6-19(7-5-18)13-11-12(15-8-14-11)16-9-17-13/h8-9H,2-7H2,1H3,(H,14,15,16,17). The number of imidazole rings is 1. The number of carbonyl (C=O) groups is 1. The Balaban J connectivity index is 1.61. The minimum atomic E-state index is -0.160. The van der Waals surface area contributed by atoms with E-state index < -0.39 is 0 Å². The van der Waals surface area contributed by atoms with Crippen LogP contribution < -0.4 is 4.90 Å². The molecule has 0 saturated carbocycles. The first-order valence-corrected chi connectivity index (χ1v) is 6.96. The largest absolute Gasteiger partial charge is 0.469 e. The van der Waals surface area contributed by atoms with E-state index in [2.05, 4.69) is 34.5 Å². The van der Waals surface area contributed by atoms with Gasteiger partial charge in [-0.2, -0.15) is 0 Å². The van der Waals surface area contributed by atoms with Crippen LogP contribution in [0.4, 0.5) is 5.82 Å². The van der Waals surface area contributed by atoms with Crippen molar-refractivity contribution in [3.8, 4) is 0 Å². The molecule has 8 heteroatoms. The number of fused-ring (bicyclic) bond motifs is 1. The normalized spacial score (nSPS) is 16.3. The zero-order valence-corrected chi connectivity index (χ0v) is 11.9. The predicted molar refractivity (Wildman–Crippen MR) is 77.0 cm³/mol. The summed E-state index contributed by atoms with van der Waals surface area (Å²) in [5.41, 5.74) is 1.56. The van der Waals surface area contributed by atoms with Crippen molar-refractivity contribution in [2.24, 2.45) is 0 Å². The van der Waals surface area contributed by atoms with Gasteiger partial charge in [0, 0.05) is 32.7 Å². The van der Waals surface area contributed by atoms with Gasteiger partial charge in [0.15, 0.2) is 11.5 Å². The van der Waals surface area contributed by atoms with Crippen LogP contribution >= 0.6 is 0 Å². The second-order valence-corrected chi connectivity index (χ2v) is 4.95. The van der Waals surface area contributed by atoms with E-state index in [-0.39, 0.29) is 5.97 Å². The summed E-state index contributed by atoms with van der Waals surface area (Å²) in [4.78, 5) is 31.4. The van der Waals surface area contributed by atoms with Crippen LogP contribution in [0, 0.1) is 0 Å². The molecular formula is C13H18N6O2. The van der Waals surface area contributed by atoms with Gasteiger partial charge in [-0.1, -0.05) is 0 Å². The monoisotopic (exact) mass is 290 g/mol. The number of aromatic nitrogens is 4. The number of aromatic amines is 1. The van der Waals surface area contributed by atoms with Gasteiger partial charge in [-0.25, -0.2) is 15.0 Å². The van der Waals surface area contributed by atoms with Crippen LogP contribution in [-0.4, -0.2) is 70.6 Å². The van der Waals surface area contributed by atoms with Crippen LogP contribution in [0.25, 0.3) is 11.2 Å². The van der Waals surface area contributed by atoms with Crippen molar-refractivity contribution in [2.75, 3.05) is 44.7 Å². The molecule has 0 radical (unpaired) electrons. The van der Waals surface area contributed by atoms with E-state index in [1.165, 1.54) is 7.11 Å². The fourth-order valence-electron chi connectivity index (χ4n) is 2.53. The zero-order valence-electron chi connectivity index (χ0n) is 11.9. The molecule has 112 valence electrons. The van der Waals surface area contributed by atoms with Crippen LogP contribution in [-0.2, 0) is 9.53 Å². The van der Waals surface area contributed by atoms with E-state index in [1.807, 2.05) is 0 Å². The molecule has 0 spiro atoms. The summed E-state index contributed by atoms with van der Waals surface area (Å²) in [5.74, 6) is 0.734. The molecule has 1 aliphatic rings. The number of piperazine rings is 1. The third-order valence-corrected chi connectivity index (χ3v) is 3.73. The molecule has 0 unspecified atom stereocenters. The Morgan fingerprint density at radius 3 is 2.86 bits per heavy atom. The first-order chi connectivity index (χ1) is 10.3. The lowest BCUT2D eigenvalue weighted by Crippen LogP contribution is -2.47. The zero-order chi connectivity index (χ0) is 14.7. The highest BCUT2D eigenvalue weighted by Gasteiger charge is 2.21. The number of anilines is 1. The van der Waals surface area contributed by atoms with Crippen molar-refractivity contribution in [1.29, 1.82) is 0 Å². The molecule has 0 atom stereocenters. The molecule has 3 rings (SSSR count). The Hall–Kier alpha value is -2.22. The molecule has 8 nitrogen and oxygen atoms in total. The van der Waals surface area contributed by atoms with Gasteiger partial charge >= 0.3 is 5.97 Å². The van der Waals surface area contributed by atoms with Crippen LogP contribution in [0.5, 0.6) is 0 Å². The van der Waals surface area contributed by atoms with E-state index in [0.29, 0.717) is 12.1 Å². The summed E-state index contributed by atoms with van der Waals surface area (Å²) in [6.07, 6.45) is 3.62. The quantitative estimate of drug-likeness (QED) is 0.795. The molecule has 21 heavy (non-hydrogen) atoms. The number of rotatable bonds is 4. The molecule has 1 N–H and O–H groups in total. The highest BCUT2D eigenvalue weighted by Crippen LogP contribution is 2.20. The number of esters is 1. The van der Waals surface area contributed by atoms with Crippen LogP contribution in [0.15, 0.2) is 12.7 Å². The minimum Gasteiger partial charge on any atom is -0.469 e. The smallest absolute Gasteiger partial charge is 0.306 e. The van der Waals surface area contributed by atoms with E-state index in [4.69, 9.17) is 0 Å². The molecule has 1 saturated heterocycles. The lowest BCUT2D eigenvalue weighted by molar-refractivity contribution is -0.141. The van der Waals surface area contributed by atoms with E-state index in [9.17, 15) is 4.79 Å². The predicted octanol–water partition coefficient (Wildman–Crippen LogP) is 0.0380. The second-order valence-electron chi connectivity index (χ2n) is 4.95. The summed E-state index contributed by atoms with van der Waals surface area (Å²) in [5, 5.41) is 0. The fraction of sp³-hybridized carbons (Fsp3) is 0.538. The van der Waals surface area contributed by atoms with Crippen LogP contribution in [0.3, 0.4) is 0 Å². The molecule has 0 aromatic carbocycles. The first kappa shape index (κ1) is 13.7. The van der Waals surface area contributed by atoms with Gasteiger partial charge in [-0.05, 0) is 0 Å². The molecule has 3 heterocycles. The van der Waals surface area contributed by atoms with Crippen molar-refractivity contribution in [3.05, 3.63) is 12.7 Å². The molecule has 0 amide bonds. The van der Waals surface area contributed by atoms with Crippen molar-refractivity contribution in [2.45, 2.75) is 6.42 Å². The lowest BCUT2D eigenvalue weighted by atomic mass is 10.3. The van der Waals surface area contributed by atoms with Crippen molar-refractivity contribution < 1.29 is 9.53 Å². The van der Waals surface area contributed by atoms with Gasteiger partial charge in [0.1, 0.15) is 11.8 Å². The number of ether oxygens (including phenoxy) is 1. The third kappa shape index (κ3) is 2.94. The molecule has 0 aliphatic carbocycles. The molecular weight excluding hydrogens is 272 g/mol. The summed E-state index contributed by atoms with van der Waals surface area (Å²) in [6, 6.07) is 0. The Bertz CT molecular complexity index is 620. The van der Waals surface area contributed by atoms with E-state index >= 15 is 0 Å². The topological polar surface area (TPSA) is 87.2 Å². The number of nitrogens with zero attached hydrogens (tertiary/aromatic N) is 5. The van der Waals surface area contributed by atoms with Gasteiger partial charge in [0.05, 0.1) is 19.9 Å². The number of methoxy groups -OCH3 is 1. The maximum absolute atomic E-state index is 11.2. The Labute approximate surface area is 122 Å². The maximum Gasteiger partial charge on any atom is 0.306 e. The second kappa shape index (κ2) is 6.04. The fourth-order valence-corrected chi connectivity index (χ4v) is 2.53. The Kier molecular flexibility index (Phi) is 3.96. The Morgan fingerprint density at radius 1 is 1.29 bits per heavy atom. The van der Waals surface area contributed by atoms with Gasteiger partial charge < -0.3 is 14.6 Å². The molecule has 1 fully saturated rings. The van der Waals surface area contributed by atoms with Gasteiger partial charge in [-0.3, -0.25) is 9.69 Å². The van der Waals surface area contributed by atoms with Crippen LogP contribution in [0.1, 0.15) is 6.42 Å². The highest BCUT2D eigenvalue weighted by molar-refractivity contribution is 5.82. The Morgan fingerprint density at radius 2 is 2.10 bits per heavy atom. The number of nitrogens with one attached hydrogen (secondary N) is 1. The van der Waals surface area contributed by atoms with Gasteiger partial charge in [-0.15, -0.1) is 0 Å². The number of H-pyrrole nitrogens is 1. The molecule has 0 bridgehead atoms. The number of hydrogen-bond donors (Lipinski definition) is 1. The molecule has 2 aromatic heterocycles. The summed E-state index contributed by atoms with van der Waals surface area (Å²) < 4.78 is 4.67. The van der Waals surface area contributed by atoms with Gasteiger partial charge in [0.25, 0.3) is 0 Å². The average molecular weight is 290 g/mol. The number of hydrogen-bond acceptors (Lipinski definition) is 7. The van der Waals surface area contributed by atoms with E-state index in [1.54, 1.807) is 12.7 Å². The summed E-state index contributed by atoms with van der Waals surface area (Å²) >= 11 is 0. The van der Waals surface area contributed by atoms with Crippen molar-refractivity contribution in [3.63, 3.8) is 0 Å². The van der Waals surface area contributed by atoms with Gasteiger partial charge in [0.2, 0.25) is 0 Å². The molecule has 1 aliphatic heterocycles. The molecule has 2 aromatic rings. The summed E-state index contributed by atoms with van der Waals surface area (Å²) in [6.45, 7) is 4.27. The van der Waals surface area contributed by atoms with Crippen LogP contribution in [0.2, 0.25) is 0 Å². The average Bonchev–Trinajstić information content (AvgIpc) is 3.01. The van der Waals surface area contributed by atoms with Crippen molar-refractivity contribution in [1.82, 2.24) is 24.8 Å². The summed E-state index contributed by atoms with van der Waals surface area (Å²) in [7, 11) is 1.42. The minimum absolute atomic E-state index is 0.160. The van der Waals surface area contributed by atoms with E-state index in [0.717, 1.165) is 44.1 Å². The first-order valence-electron chi connectivity index (χ1n) is 6.96. The highest BCUT2D eigenvalue weighted by atomic mass is 16.5.